The molecule has 1 heterocycles. The van der Waals surface area contributed by atoms with E-state index in [9.17, 15) is 4.79 Å². The van der Waals surface area contributed by atoms with E-state index in [0.717, 1.165) is 32.7 Å². The Morgan fingerprint density at radius 1 is 1.38 bits per heavy atom. The average Bonchev–Trinajstić information content (AvgIpc) is 2.30. The summed E-state index contributed by atoms with van der Waals surface area (Å²) >= 11 is 0. The third kappa shape index (κ3) is 4.21. The van der Waals surface area contributed by atoms with E-state index in [0.29, 0.717) is 13.1 Å². The Morgan fingerprint density at radius 3 is 2.62 bits per heavy atom. The fourth-order valence-electron chi connectivity index (χ4n) is 1.89. The van der Waals surface area contributed by atoms with Crippen molar-refractivity contribution in [3.63, 3.8) is 0 Å². The van der Waals surface area contributed by atoms with Crippen molar-refractivity contribution in [2.45, 2.75) is 13.3 Å². The zero-order valence-corrected chi connectivity index (χ0v) is 10.0. The first-order valence-electron chi connectivity index (χ1n) is 5.92. The zero-order chi connectivity index (χ0) is 11.8. The lowest BCUT2D eigenvalue weighted by Gasteiger charge is -2.34. The molecule has 90 valence electrons. The van der Waals surface area contributed by atoms with Crippen molar-refractivity contribution in [1.82, 2.24) is 15.1 Å². The van der Waals surface area contributed by atoms with Gasteiger partial charge in [-0.3, -0.25) is 15.0 Å². The summed E-state index contributed by atoms with van der Waals surface area (Å²) in [4.78, 5) is 16.0. The van der Waals surface area contributed by atoms with Crippen LogP contribution in [0.3, 0.4) is 0 Å². The van der Waals surface area contributed by atoms with Crippen LogP contribution in [0, 0.1) is 12.3 Å². The van der Waals surface area contributed by atoms with Gasteiger partial charge in [0.25, 0.3) is 0 Å². The molecule has 1 amide bonds. The van der Waals surface area contributed by atoms with Crippen LogP contribution in [0.15, 0.2) is 0 Å². The Hall–Kier alpha value is -1.05. The Balaban J connectivity index is 2.20. The van der Waals surface area contributed by atoms with Crippen LogP contribution < -0.4 is 5.32 Å². The predicted molar refractivity (Wildman–Crippen MR) is 65.0 cm³/mol. The molecule has 0 bridgehead atoms. The predicted octanol–water partition coefficient (Wildman–Crippen LogP) is -0.237. The van der Waals surface area contributed by atoms with Crippen LogP contribution >= 0.6 is 0 Å². The van der Waals surface area contributed by atoms with Crippen LogP contribution in [-0.2, 0) is 4.79 Å². The molecule has 0 saturated carbocycles. The molecule has 0 radical (unpaired) electrons. The summed E-state index contributed by atoms with van der Waals surface area (Å²) in [6.45, 7) is 7.81. The summed E-state index contributed by atoms with van der Waals surface area (Å²) in [6.07, 6.45) is 6.28. The van der Waals surface area contributed by atoms with Crippen molar-refractivity contribution >= 4 is 5.91 Å². The molecular formula is C12H21N3O. The fraction of sp³-hybridized carbons (Fsp3) is 0.750. The number of carbonyl (C=O) groups is 1. The maximum atomic E-state index is 11.7. The van der Waals surface area contributed by atoms with E-state index in [-0.39, 0.29) is 5.91 Å². The quantitative estimate of drug-likeness (QED) is 0.516. The molecule has 1 aliphatic heterocycles. The number of terminal acetylenes is 1. The van der Waals surface area contributed by atoms with Crippen molar-refractivity contribution in [1.29, 1.82) is 0 Å². The van der Waals surface area contributed by atoms with Crippen molar-refractivity contribution in [3.8, 4) is 12.3 Å². The number of nitrogens with zero attached hydrogens (tertiary/aromatic N) is 2. The highest BCUT2D eigenvalue weighted by molar-refractivity contribution is 5.78. The molecular weight excluding hydrogens is 202 g/mol. The normalized spacial score (nSPS) is 17.1. The molecule has 0 aromatic rings. The second kappa shape index (κ2) is 7.26. The van der Waals surface area contributed by atoms with Gasteiger partial charge < -0.3 is 4.90 Å². The lowest BCUT2D eigenvalue weighted by molar-refractivity contribution is -0.131. The lowest BCUT2D eigenvalue weighted by atomic mass is 10.3. The number of piperazine rings is 1. The van der Waals surface area contributed by atoms with Crippen LogP contribution in [0.5, 0.6) is 0 Å². The van der Waals surface area contributed by atoms with Crippen LogP contribution in [0.4, 0.5) is 0 Å². The van der Waals surface area contributed by atoms with Crippen LogP contribution in [0.25, 0.3) is 0 Å². The van der Waals surface area contributed by atoms with Crippen molar-refractivity contribution < 1.29 is 4.79 Å². The Labute approximate surface area is 98.0 Å². The minimum atomic E-state index is 0.159. The van der Waals surface area contributed by atoms with Crippen molar-refractivity contribution in [2.24, 2.45) is 0 Å². The number of hydrogen-bond acceptors (Lipinski definition) is 3. The highest BCUT2D eigenvalue weighted by Gasteiger charge is 2.19. The zero-order valence-electron chi connectivity index (χ0n) is 10.0. The largest absolute Gasteiger partial charge is 0.339 e. The lowest BCUT2D eigenvalue weighted by Crippen LogP contribution is -2.50. The van der Waals surface area contributed by atoms with E-state index in [1.807, 2.05) is 4.90 Å². The molecule has 0 aromatic carbocycles. The minimum absolute atomic E-state index is 0.159. The molecule has 16 heavy (non-hydrogen) atoms. The topological polar surface area (TPSA) is 35.6 Å². The van der Waals surface area contributed by atoms with Gasteiger partial charge in [0.1, 0.15) is 0 Å². The average molecular weight is 223 g/mol. The molecule has 0 spiro atoms. The smallest absolute Gasteiger partial charge is 0.236 e. The summed E-state index contributed by atoms with van der Waals surface area (Å²) in [6, 6.07) is 0. The van der Waals surface area contributed by atoms with Gasteiger partial charge in [0.2, 0.25) is 5.91 Å². The SMILES string of the molecule is C#CCNCC(=O)N1CCN(CCC)CC1. The van der Waals surface area contributed by atoms with E-state index < -0.39 is 0 Å². The summed E-state index contributed by atoms with van der Waals surface area (Å²) < 4.78 is 0. The molecule has 1 fully saturated rings. The van der Waals surface area contributed by atoms with Gasteiger partial charge in [-0.25, -0.2) is 0 Å². The van der Waals surface area contributed by atoms with Gasteiger partial charge in [0.15, 0.2) is 0 Å². The minimum Gasteiger partial charge on any atom is -0.339 e. The van der Waals surface area contributed by atoms with E-state index in [1.54, 1.807) is 0 Å². The van der Waals surface area contributed by atoms with E-state index in [2.05, 4.69) is 23.1 Å². The number of nitrogens with one attached hydrogen (secondary N) is 1. The second-order valence-corrected chi connectivity index (χ2v) is 4.03. The molecule has 4 heteroatoms. The summed E-state index contributed by atoms with van der Waals surface area (Å²) in [5.74, 6) is 2.62. The van der Waals surface area contributed by atoms with Crippen LogP contribution in [0.2, 0.25) is 0 Å². The molecule has 1 rings (SSSR count). The van der Waals surface area contributed by atoms with Gasteiger partial charge >= 0.3 is 0 Å². The molecule has 1 saturated heterocycles. The summed E-state index contributed by atoms with van der Waals surface area (Å²) in [7, 11) is 0. The highest BCUT2D eigenvalue weighted by Crippen LogP contribution is 2.02. The van der Waals surface area contributed by atoms with Crippen molar-refractivity contribution in [2.75, 3.05) is 45.8 Å². The van der Waals surface area contributed by atoms with Gasteiger partial charge in [-0.05, 0) is 13.0 Å². The monoisotopic (exact) mass is 223 g/mol. The molecule has 0 unspecified atom stereocenters. The fourth-order valence-corrected chi connectivity index (χ4v) is 1.89. The van der Waals surface area contributed by atoms with E-state index in [4.69, 9.17) is 6.42 Å². The third-order valence-electron chi connectivity index (χ3n) is 2.77. The van der Waals surface area contributed by atoms with E-state index in [1.165, 1.54) is 6.42 Å². The Kier molecular flexibility index (Phi) is 5.91. The first-order valence-corrected chi connectivity index (χ1v) is 5.92. The van der Waals surface area contributed by atoms with Gasteiger partial charge in [-0.1, -0.05) is 12.8 Å². The van der Waals surface area contributed by atoms with Gasteiger partial charge in [-0.15, -0.1) is 6.42 Å². The molecule has 0 aliphatic carbocycles. The standard InChI is InChI=1S/C12H21N3O/c1-3-5-13-11-12(16)15-9-7-14(6-4-2)8-10-15/h1,13H,4-11H2,2H3. The molecule has 0 aromatic heterocycles. The van der Waals surface area contributed by atoms with Crippen LogP contribution in [-0.4, -0.2) is 61.5 Å². The molecule has 1 aliphatic rings. The Bertz CT molecular complexity index is 251. The molecule has 4 nitrogen and oxygen atoms in total. The van der Waals surface area contributed by atoms with Crippen LogP contribution in [0.1, 0.15) is 13.3 Å². The first kappa shape index (κ1) is 13.0. The number of hydrogen-bond donors (Lipinski definition) is 1. The maximum Gasteiger partial charge on any atom is 0.236 e. The molecule has 1 N–H and O–H groups in total. The number of amides is 1. The first-order chi connectivity index (χ1) is 7.77. The van der Waals surface area contributed by atoms with Gasteiger partial charge in [-0.2, -0.15) is 0 Å². The maximum absolute atomic E-state index is 11.7. The third-order valence-corrected chi connectivity index (χ3v) is 2.77. The van der Waals surface area contributed by atoms with Gasteiger partial charge in [0.05, 0.1) is 13.1 Å². The van der Waals surface area contributed by atoms with E-state index >= 15 is 0 Å². The number of carbonyl (C=O) groups excluding carboxylic acids is 1. The second-order valence-electron chi connectivity index (χ2n) is 4.03. The molecule has 0 atom stereocenters. The highest BCUT2D eigenvalue weighted by atomic mass is 16.2. The van der Waals surface area contributed by atoms with Gasteiger partial charge in [0, 0.05) is 26.2 Å². The summed E-state index contributed by atoms with van der Waals surface area (Å²) in [5.41, 5.74) is 0. The van der Waals surface area contributed by atoms with Crippen molar-refractivity contribution in [3.05, 3.63) is 0 Å². The Morgan fingerprint density at radius 2 is 2.06 bits per heavy atom. The number of rotatable bonds is 5. The summed E-state index contributed by atoms with van der Waals surface area (Å²) in [5, 5.41) is 2.93.